The summed E-state index contributed by atoms with van der Waals surface area (Å²) in [7, 11) is 0. The predicted octanol–water partition coefficient (Wildman–Crippen LogP) is 4.45. The zero-order chi connectivity index (χ0) is 22.9. The highest BCUT2D eigenvalue weighted by Crippen LogP contribution is 2.23. The predicted molar refractivity (Wildman–Crippen MR) is 134 cm³/mol. The Morgan fingerprint density at radius 3 is 2.66 bits per heavy atom. The second kappa shape index (κ2) is 11.8. The lowest BCUT2D eigenvalue weighted by Crippen LogP contribution is -2.27. The van der Waals surface area contributed by atoms with Crippen LogP contribution in [0.15, 0.2) is 71.4 Å². The van der Waals surface area contributed by atoms with Crippen molar-refractivity contribution in [1.82, 2.24) is 20.2 Å². The molecule has 3 rings (SSSR count). The number of nitrogens with one attached hydrogen (secondary N) is 2. The average molecular weight is 564 g/mol. The van der Waals surface area contributed by atoms with Crippen LogP contribution in [-0.4, -0.2) is 32.1 Å². The first-order valence-corrected chi connectivity index (χ1v) is 11.7. The van der Waals surface area contributed by atoms with E-state index in [0.29, 0.717) is 23.8 Å². The zero-order valence-corrected chi connectivity index (χ0v) is 20.3. The van der Waals surface area contributed by atoms with Gasteiger partial charge < -0.3 is 9.88 Å². The molecule has 2 N–H and O–H groups in total. The topological polar surface area (TPSA) is 84.2 Å². The third kappa shape index (κ3) is 6.89. The van der Waals surface area contributed by atoms with Crippen LogP contribution in [0.25, 0.3) is 0 Å². The summed E-state index contributed by atoms with van der Waals surface area (Å²) in [4.78, 5) is 12.4. The van der Waals surface area contributed by atoms with Gasteiger partial charge in [0.15, 0.2) is 11.0 Å². The Morgan fingerprint density at radius 1 is 1.25 bits per heavy atom. The molecule has 3 aromatic rings. The minimum atomic E-state index is -0.454. The minimum absolute atomic E-state index is 0.278. The summed E-state index contributed by atoms with van der Waals surface area (Å²) in [5, 5.41) is 16.0. The molecule has 1 heterocycles. The second-order valence-corrected chi connectivity index (χ2v) is 9.26. The van der Waals surface area contributed by atoms with Gasteiger partial charge in [-0.05, 0) is 71.5 Å². The lowest BCUT2D eigenvalue weighted by Gasteiger charge is -2.12. The molecule has 7 nitrogen and oxygen atoms in total. The first kappa shape index (κ1) is 23.9. The number of hydrogen-bond acceptors (Lipinski definition) is 6. The molecule has 10 heteroatoms. The van der Waals surface area contributed by atoms with E-state index < -0.39 is 5.25 Å². The van der Waals surface area contributed by atoms with Crippen molar-refractivity contribution in [2.24, 2.45) is 5.10 Å². The van der Waals surface area contributed by atoms with E-state index in [-0.39, 0.29) is 11.7 Å². The quantitative estimate of drug-likeness (QED) is 0.125. The highest BCUT2D eigenvalue weighted by atomic mass is 127. The summed E-state index contributed by atoms with van der Waals surface area (Å²) < 4.78 is 16.0. The van der Waals surface area contributed by atoms with Crippen LogP contribution in [0.5, 0.6) is 0 Å². The Kier molecular flexibility index (Phi) is 8.80. The summed E-state index contributed by atoms with van der Waals surface area (Å²) in [6.07, 6.45) is 3.23. The fourth-order valence-corrected chi connectivity index (χ4v) is 3.85. The van der Waals surface area contributed by atoms with Crippen LogP contribution in [0.2, 0.25) is 0 Å². The molecule has 0 saturated carbocycles. The van der Waals surface area contributed by atoms with E-state index in [1.54, 1.807) is 25.1 Å². The molecular weight excluding hydrogens is 542 g/mol. The number of halogens is 2. The first-order chi connectivity index (χ1) is 15.5. The van der Waals surface area contributed by atoms with Crippen LogP contribution < -0.4 is 10.7 Å². The van der Waals surface area contributed by atoms with Gasteiger partial charge in [0.2, 0.25) is 0 Å². The monoisotopic (exact) mass is 564 g/mol. The number of benzene rings is 2. The fraction of sp³-hybridized carbons (Fsp3) is 0.182. The van der Waals surface area contributed by atoms with Gasteiger partial charge >= 0.3 is 0 Å². The third-order valence-corrected chi connectivity index (χ3v) is 6.11. The third-order valence-electron chi connectivity index (χ3n) is 4.31. The number of allylic oxidation sites excluding steroid dienone is 1. The Labute approximate surface area is 203 Å². The highest BCUT2D eigenvalue weighted by molar-refractivity contribution is 14.1. The Morgan fingerprint density at radius 2 is 1.97 bits per heavy atom. The van der Waals surface area contributed by atoms with E-state index in [1.807, 2.05) is 28.8 Å². The molecule has 1 atom stereocenters. The van der Waals surface area contributed by atoms with E-state index in [9.17, 15) is 9.18 Å². The lowest BCUT2D eigenvalue weighted by atomic mass is 10.2. The number of hydrogen-bond donors (Lipinski definition) is 2. The molecule has 0 aliphatic rings. The van der Waals surface area contributed by atoms with Crippen LogP contribution in [0.4, 0.5) is 10.1 Å². The van der Waals surface area contributed by atoms with Gasteiger partial charge in [-0.2, -0.15) is 5.10 Å². The highest BCUT2D eigenvalue weighted by Gasteiger charge is 2.19. The van der Waals surface area contributed by atoms with Crippen molar-refractivity contribution >= 4 is 52.2 Å². The SMILES string of the molecule is C=CCn1c(CNc2ccc(I)cc2)nnc1S[C@@H](C)C(=O)NN=Cc1ccc(F)cc1. The molecule has 166 valence electrons. The van der Waals surface area contributed by atoms with Gasteiger partial charge in [-0.15, -0.1) is 16.8 Å². The number of anilines is 1. The molecule has 0 unspecified atom stereocenters. The van der Waals surface area contributed by atoms with Crippen molar-refractivity contribution in [2.45, 2.75) is 30.4 Å². The summed E-state index contributed by atoms with van der Waals surface area (Å²) in [6.45, 7) is 6.59. The number of amides is 1. The van der Waals surface area contributed by atoms with Crippen LogP contribution in [0, 0.1) is 9.39 Å². The molecule has 0 aliphatic heterocycles. The van der Waals surface area contributed by atoms with Gasteiger partial charge in [0, 0.05) is 15.8 Å². The van der Waals surface area contributed by atoms with Crippen molar-refractivity contribution in [3.8, 4) is 0 Å². The molecule has 0 radical (unpaired) electrons. The van der Waals surface area contributed by atoms with Crippen LogP contribution in [-0.2, 0) is 17.9 Å². The van der Waals surface area contributed by atoms with E-state index in [2.05, 4.69) is 55.2 Å². The van der Waals surface area contributed by atoms with Gasteiger partial charge in [-0.3, -0.25) is 4.79 Å². The van der Waals surface area contributed by atoms with Gasteiger partial charge in [0.25, 0.3) is 5.91 Å². The Balaban J connectivity index is 1.59. The van der Waals surface area contributed by atoms with E-state index in [0.717, 1.165) is 15.1 Å². The summed E-state index contributed by atoms with van der Waals surface area (Å²) >= 11 is 3.55. The van der Waals surface area contributed by atoms with Gasteiger partial charge in [0.1, 0.15) is 5.82 Å². The molecule has 0 bridgehead atoms. The molecule has 32 heavy (non-hydrogen) atoms. The molecule has 0 spiro atoms. The maximum atomic E-state index is 12.9. The van der Waals surface area contributed by atoms with Crippen molar-refractivity contribution in [3.05, 3.63) is 82.0 Å². The molecule has 0 fully saturated rings. The summed E-state index contributed by atoms with van der Waals surface area (Å²) in [5.74, 6) is 0.140. The number of carbonyl (C=O) groups excluding carboxylic acids is 1. The van der Waals surface area contributed by atoms with E-state index in [4.69, 9.17) is 0 Å². The molecule has 0 aliphatic carbocycles. The van der Waals surface area contributed by atoms with E-state index in [1.165, 1.54) is 30.1 Å². The van der Waals surface area contributed by atoms with Gasteiger partial charge in [0.05, 0.1) is 18.0 Å². The van der Waals surface area contributed by atoms with Gasteiger partial charge in [-0.25, -0.2) is 9.82 Å². The Hall–Kier alpha value is -2.73. The number of carbonyl (C=O) groups is 1. The number of thioether (sulfide) groups is 1. The van der Waals surface area contributed by atoms with Crippen LogP contribution >= 0.6 is 34.4 Å². The number of aromatic nitrogens is 3. The van der Waals surface area contributed by atoms with Gasteiger partial charge in [-0.1, -0.05) is 30.0 Å². The number of hydrazone groups is 1. The minimum Gasteiger partial charge on any atom is -0.378 e. The summed E-state index contributed by atoms with van der Waals surface area (Å²) in [6, 6.07) is 13.9. The zero-order valence-electron chi connectivity index (χ0n) is 17.3. The first-order valence-electron chi connectivity index (χ1n) is 9.74. The van der Waals surface area contributed by atoms with E-state index >= 15 is 0 Å². The lowest BCUT2D eigenvalue weighted by molar-refractivity contribution is -0.120. The fourth-order valence-electron chi connectivity index (χ4n) is 2.62. The van der Waals surface area contributed by atoms with Crippen molar-refractivity contribution in [2.75, 3.05) is 5.32 Å². The molecule has 1 amide bonds. The largest absolute Gasteiger partial charge is 0.378 e. The van der Waals surface area contributed by atoms with Crippen molar-refractivity contribution in [3.63, 3.8) is 0 Å². The summed E-state index contributed by atoms with van der Waals surface area (Å²) in [5.41, 5.74) is 4.17. The van der Waals surface area contributed by atoms with Crippen molar-refractivity contribution in [1.29, 1.82) is 0 Å². The average Bonchev–Trinajstić information content (AvgIpc) is 3.16. The Bertz CT molecular complexity index is 1080. The molecular formula is C22H22FIN6OS. The number of nitrogens with zero attached hydrogens (tertiary/aromatic N) is 4. The molecule has 1 aromatic heterocycles. The number of rotatable bonds is 10. The molecule has 0 saturated heterocycles. The van der Waals surface area contributed by atoms with Crippen LogP contribution in [0.1, 0.15) is 18.3 Å². The van der Waals surface area contributed by atoms with Crippen molar-refractivity contribution < 1.29 is 9.18 Å². The smallest absolute Gasteiger partial charge is 0.253 e. The van der Waals surface area contributed by atoms with Crippen LogP contribution in [0.3, 0.4) is 0 Å². The molecule has 2 aromatic carbocycles. The normalized spacial score (nSPS) is 12.0. The maximum absolute atomic E-state index is 12.9. The standard InChI is InChI=1S/C22H22FIN6OS/c1-3-12-30-20(14-25-19-10-8-18(24)9-11-19)27-29-22(30)32-15(2)21(31)28-26-13-16-4-6-17(23)7-5-16/h3-11,13,15,25H,1,12,14H2,2H3,(H,28,31)/t15-/m0/s1. The maximum Gasteiger partial charge on any atom is 0.253 e. The second-order valence-electron chi connectivity index (χ2n) is 6.70.